The van der Waals surface area contributed by atoms with Crippen LogP contribution >= 0.6 is 0 Å². The molecule has 0 amide bonds. The average molecular weight is 180 g/mol. The number of fused-ring (bicyclic) bond motifs is 1. The summed E-state index contributed by atoms with van der Waals surface area (Å²) < 4.78 is 2.02. The number of aromatic nitrogens is 2. The Balaban J connectivity index is 0.000000396. The fourth-order valence-corrected chi connectivity index (χ4v) is 1.86. The van der Waals surface area contributed by atoms with Crippen molar-refractivity contribution in [1.82, 2.24) is 9.78 Å². The van der Waals surface area contributed by atoms with Gasteiger partial charge in [0.15, 0.2) is 0 Å². The quantitative estimate of drug-likeness (QED) is 0.600. The summed E-state index contributed by atoms with van der Waals surface area (Å²) in [5.74, 6) is 0.853. The lowest BCUT2D eigenvalue weighted by atomic mass is 9.89. The Morgan fingerprint density at radius 3 is 2.85 bits per heavy atom. The Morgan fingerprint density at radius 1 is 1.46 bits per heavy atom. The van der Waals surface area contributed by atoms with E-state index in [-0.39, 0.29) is 0 Å². The van der Waals surface area contributed by atoms with Crippen molar-refractivity contribution in [2.45, 2.75) is 40.0 Å². The SMILES string of the molecule is CC.CC1CCc2c(cnn2C)C1. The molecule has 0 fully saturated rings. The summed E-state index contributed by atoms with van der Waals surface area (Å²) >= 11 is 0. The van der Waals surface area contributed by atoms with Crippen LogP contribution in [-0.4, -0.2) is 9.78 Å². The van der Waals surface area contributed by atoms with E-state index in [1.54, 1.807) is 0 Å². The summed E-state index contributed by atoms with van der Waals surface area (Å²) in [6.45, 7) is 6.32. The molecule has 2 nitrogen and oxygen atoms in total. The molecular formula is C11H20N2. The van der Waals surface area contributed by atoms with Gasteiger partial charge in [-0.1, -0.05) is 20.8 Å². The van der Waals surface area contributed by atoms with Gasteiger partial charge in [-0.2, -0.15) is 5.10 Å². The molecule has 0 spiro atoms. The minimum Gasteiger partial charge on any atom is -0.272 e. The van der Waals surface area contributed by atoms with Crippen LogP contribution in [-0.2, 0) is 19.9 Å². The lowest BCUT2D eigenvalue weighted by Gasteiger charge is -2.17. The van der Waals surface area contributed by atoms with Crippen molar-refractivity contribution < 1.29 is 0 Å². The molecule has 1 atom stereocenters. The maximum Gasteiger partial charge on any atom is 0.0524 e. The molecule has 0 aliphatic heterocycles. The zero-order valence-corrected chi connectivity index (χ0v) is 9.17. The molecule has 1 unspecified atom stereocenters. The number of rotatable bonds is 0. The van der Waals surface area contributed by atoms with Gasteiger partial charge < -0.3 is 0 Å². The van der Waals surface area contributed by atoms with E-state index in [1.807, 2.05) is 31.8 Å². The van der Waals surface area contributed by atoms with Crippen molar-refractivity contribution in [3.8, 4) is 0 Å². The molecule has 0 bridgehead atoms. The molecule has 1 aliphatic carbocycles. The molecular weight excluding hydrogens is 160 g/mol. The standard InChI is InChI=1S/C9H14N2.C2H6/c1-7-3-4-9-8(5-7)6-10-11(9)2;1-2/h6-7H,3-5H2,1-2H3;1-2H3. The van der Waals surface area contributed by atoms with Crippen molar-refractivity contribution in [3.05, 3.63) is 17.5 Å². The number of nitrogens with zero attached hydrogens (tertiary/aromatic N) is 2. The molecule has 2 heteroatoms. The molecule has 0 N–H and O–H groups in total. The van der Waals surface area contributed by atoms with Crippen molar-refractivity contribution in [3.63, 3.8) is 0 Å². The number of aryl methyl sites for hydroxylation is 1. The van der Waals surface area contributed by atoms with E-state index in [2.05, 4.69) is 12.0 Å². The van der Waals surface area contributed by atoms with Gasteiger partial charge in [-0.3, -0.25) is 4.68 Å². The fourth-order valence-electron chi connectivity index (χ4n) is 1.86. The lowest BCUT2D eigenvalue weighted by Crippen LogP contribution is -2.12. The number of hydrogen-bond donors (Lipinski definition) is 0. The molecule has 0 aromatic carbocycles. The van der Waals surface area contributed by atoms with E-state index >= 15 is 0 Å². The van der Waals surface area contributed by atoms with E-state index in [9.17, 15) is 0 Å². The van der Waals surface area contributed by atoms with Crippen LogP contribution in [0.4, 0.5) is 0 Å². The van der Waals surface area contributed by atoms with Gasteiger partial charge in [-0.25, -0.2) is 0 Å². The van der Waals surface area contributed by atoms with Gasteiger partial charge in [0.2, 0.25) is 0 Å². The first kappa shape index (κ1) is 10.3. The number of hydrogen-bond acceptors (Lipinski definition) is 1. The Morgan fingerprint density at radius 2 is 2.15 bits per heavy atom. The Bertz CT molecular complexity index is 263. The predicted octanol–water partition coefficient (Wildman–Crippen LogP) is 2.57. The van der Waals surface area contributed by atoms with Crippen LogP contribution in [0.25, 0.3) is 0 Å². The summed E-state index contributed by atoms with van der Waals surface area (Å²) in [5.41, 5.74) is 2.91. The highest BCUT2D eigenvalue weighted by atomic mass is 15.3. The smallest absolute Gasteiger partial charge is 0.0524 e. The van der Waals surface area contributed by atoms with Crippen molar-refractivity contribution in [1.29, 1.82) is 0 Å². The molecule has 1 aromatic heterocycles. The third kappa shape index (κ3) is 2.11. The van der Waals surface area contributed by atoms with E-state index in [1.165, 1.54) is 30.5 Å². The van der Waals surface area contributed by atoms with Crippen LogP contribution in [0.5, 0.6) is 0 Å². The second-order valence-corrected chi connectivity index (χ2v) is 3.59. The van der Waals surface area contributed by atoms with Crippen LogP contribution < -0.4 is 0 Å². The van der Waals surface area contributed by atoms with Gasteiger partial charge in [-0.15, -0.1) is 0 Å². The third-order valence-electron chi connectivity index (χ3n) is 2.59. The zero-order chi connectivity index (χ0) is 9.84. The molecule has 74 valence electrons. The summed E-state index contributed by atoms with van der Waals surface area (Å²) in [6.07, 6.45) is 5.79. The van der Waals surface area contributed by atoms with Crippen LogP contribution in [0.3, 0.4) is 0 Å². The van der Waals surface area contributed by atoms with Gasteiger partial charge in [0.25, 0.3) is 0 Å². The Labute approximate surface area is 81.0 Å². The van der Waals surface area contributed by atoms with Crippen LogP contribution in [0.1, 0.15) is 38.4 Å². The van der Waals surface area contributed by atoms with Gasteiger partial charge in [0.1, 0.15) is 0 Å². The van der Waals surface area contributed by atoms with Crippen LogP contribution in [0, 0.1) is 5.92 Å². The molecule has 1 heterocycles. The van der Waals surface area contributed by atoms with Gasteiger partial charge in [0, 0.05) is 12.7 Å². The third-order valence-corrected chi connectivity index (χ3v) is 2.59. The second kappa shape index (κ2) is 4.45. The highest BCUT2D eigenvalue weighted by molar-refractivity contribution is 5.20. The van der Waals surface area contributed by atoms with Gasteiger partial charge >= 0.3 is 0 Å². The van der Waals surface area contributed by atoms with Crippen LogP contribution in [0.15, 0.2) is 6.20 Å². The topological polar surface area (TPSA) is 17.8 Å². The molecule has 1 aliphatic rings. The molecule has 0 radical (unpaired) electrons. The van der Waals surface area contributed by atoms with Gasteiger partial charge in [-0.05, 0) is 30.7 Å². The molecule has 2 rings (SSSR count). The minimum absolute atomic E-state index is 0.853. The monoisotopic (exact) mass is 180 g/mol. The van der Waals surface area contributed by atoms with E-state index in [4.69, 9.17) is 0 Å². The van der Waals surface area contributed by atoms with E-state index in [0.29, 0.717) is 0 Å². The summed E-state index contributed by atoms with van der Waals surface area (Å²) in [6, 6.07) is 0. The normalized spacial score (nSPS) is 20.2. The summed E-state index contributed by atoms with van der Waals surface area (Å²) in [7, 11) is 2.04. The first-order valence-electron chi connectivity index (χ1n) is 5.27. The highest BCUT2D eigenvalue weighted by Crippen LogP contribution is 2.23. The average Bonchev–Trinajstić information content (AvgIpc) is 2.51. The molecule has 1 aromatic rings. The van der Waals surface area contributed by atoms with E-state index < -0.39 is 0 Å². The highest BCUT2D eigenvalue weighted by Gasteiger charge is 2.17. The first-order chi connectivity index (χ1) is 6.27. The van der Waals surface area contributed by atoms with Gasteiger partial charge in [0.05, 0.1) is 6.20 Å². The van der Waals surface area contributed by atoms with Crippen molar-refractivity contribution in [2.24, 2.45) is 13.0 Å². The largest absolute Gasteiger partial charge is 0.272 e. The maximum absolute atomic E-state index is 4.25. The summed E-state index contributed by atoms with van der Waals surface area (Å²) in [4.78, 5) is 0. The lowest BCUT2D eigenvalue weighted by molar-refractivity contribution is 0.487. The minimum atomic E-state index is 0.853. The molecule has 13 heavy (non-hydrogen) atoms. The van der Waals surface area contributed by atoms with Crippen molar-refractivity contribution in [2.75, 3.05) is 0 Å². The summed E-state index contributed by atoms with van der Waals surface area (Å²) in [5, 5.41) is 4.25. The maximum atomic E-state index is 4.25. The Hall–Kier alpha value is -0.790. The van der Waals surface area contributed by atoms with E-state index in [0.717, 1.165) is 5.92 Å². The van der Waals surface area contributed by atoms with Crippen LogP contribution in [0.2, 0.25) is 0 Å². The molecule has 0 saturated heterocycles. The Kier molecular flexibility index (Phi) is 3.52. The van der Waals surface area contributed by atoms with Crippen molar-refractivity contribution >= 4 is 0 Å². The fraction of sp³-hybridized carbons (Fsp3) is 0.727. The predicted molar refractivity (Wildman–Crippen MR) is 55.7 cm³/mol. The first-order valence-corrected chi connectivity index (χ1v) is 5.27. The zero-order valence-electron chi connectivity index (χ0n) is 9.17. The second-order valence-electron chi connectivity index (χ2n) is 3.59. The molecule has 0 saturated carbocycles.